The number of anilines is 3. The first-order valence-corrected chi connectivity index (χ1v) is 13.3. The third kappa shape index (κ3) is 3.81. The minimum absolute atomic E-state index is 0.113. The largest absolute Gasteiger partial charge is 0.378 e. The summed E-state index contributed by atoms with van der Waals surface area (Å²) in [5, 5.41) is 6.84. The molecule has 1 aromatic carbocycles. The molecule has 6 heterocycles. The number of nitrogens with zero attached hydrogens (tertiary/aromatic N) is 8. The van der Waals surface area contributed by atoms with Crippen LogP contribution in [0.15, 0.2) is 36.7 Å². The van der Waals surface area contributed by atoms with E-state index in [0.717, 1.165) is 105 Å². The van der Waals surface area contributed by atoms with E-state index in [0.29, 0.717) is 5.02 Å². The van der Waals surface area contributed by atoms with Crippen molar-refractivity contribution in [3.63, 3.8) is 0 Å². The third-order valence-corrected chi connectivity index (χ3v) is 7.86. The maximum atomic E-state index is 6.37. The average Bonchev–Trinajstić information content (AvgIpc) is 3.31. The second-order valence-corrected chi connectivity index (χ2v) is 10.3. The number of aromatic nitrogens is 5. The van der Waals surface area contributed by atoms with Crippen molar-refractivity contribution in [3.05, 3.63) is 47.4 Å². The summed E-state index contributed by atoms with van der Waals surface area (Å²) in [4.78, 5) is 21.3. The summed E-state index contributed by atoms with van der Waals surface area (Å²) < 4.78 is 7.66. The van der Waals surface area contributed by atoms with Crippen LogP contribution in [0.3, 0.4) is 0 Å². The molecule has 10 heteroatoms. The first-order chi connectivity index (χ1) is 17.7. The molecule has 0 unspecified atom stereocenters. The summed E-state index contributed by atoms with van der Waals surface area (Å²) in [7, 11) is 0. The zero-order valence-corrected chi connectivity index (χ0v) is 20.9. The van der Waals surface area contributed by atoms with Crippen LogP contribution in [0.1, 0.15) is 37.4 Å². The van der Waals surface area contributed by atoms with Gasteiger partial charge in [-0.15, -0.1) is 0 Å². The Balaban J connectivity index is 1.33. The Kier molecular flexibility index (Phi) is 5.54. The molecule has 0 spiro atoms. The van der Waals surface area contributed by atoms with Crippen LogP contribution >= 0.6 is 11.6 Å². The van der Waals surface area contributed by atoms with Crippen LogP contribution in [-0.4, -0.2) is 70.5 Å². The minimum Gasteiger partial charge on any atom is -0.378 e. The Bertz CT molecular complexity index is 1410. The summed E-state index contributed by atoms with van der Waals surface area (Å²) >= 11 is 6.37. The molecule has 0 aliphatic carbocycles. The fraction of sp³-hybridized carbons (Fsp3) is 0.462. The van der Waals surface area contributed by atoms with Gasteiger partial charge in [0.25, 0.3) is 0 Å². The normalized spacial score (nSPS) is 20.8. The van der Waals surface area contributed by atoms with Gasteiger partial charge < -0.3 is 19.4 Å². The molecule has 3 aromatic heterocycles. The Labute approximate surface area is 214 Å². The third-order valence-electron chi connectivity index (χ3n) is 7.62. The monoisotopic (exact) mass is 504 g/mol. The van der Waals surface area contributed by atoms with Gasteiger partial charge in [0.1, 0.15) is 23.8 Å². The summed E-state index contributed by atoms with van der Waals surface area (Å²) in [6, 6.07) is 10.3. The molecule has 7 rings (SSSR count). The van der Waals surface area contributed by atoms with E-state index in [2.05, 4.69) is 31.8 Å². The van der Waals surface area contributed by atoms with E-state index in [4.69, 9.17) is 31.4 Å². The lowest BCUT2D eigenvalue weighted by Crippen LogP contribution is -2.40. The van der Waals surface area contributed by atoms with E-state index in [1.165, 1.54) is 6.42 Å². The summed E-state index contributed by atoms with van der Waals surface area (Å²) in [5.74, 6) is 3.06. The van der Waals surface area contributed by atoms with Crippen molar-refractivity contribution in [2.75, 3.05) is 60.6 Å². The molecule has 0 N–H and O–H groups in total. The maximum absolute atomic E-state index is 6.37. The maximum Gasteiger partial charge on any atom is 0.160 e. The van der Waals surface area contributed by atoms with E-state index in [1.807, 2.05) is 22.7 Å². The second-order valence-electron chi connectivity index (χ2n) is 9.82. The fourth-order valence-electron chi connectivity index (χ4n) is 5.59. The highest BCUT2D eigenvalue weighted by molar-refractivity contribution is 6.31. The highest BCUT2D eigenvalue weighted by atomic mass is 35.5. The molecule has 0 saturated carbocycles. The Morgan fingerprint density at radius 2 is 1.78 bits per heavy atom. The first-order valence-electron chi connectivity index (χ1n) is 12.9. The fourth-order valence-corrected chi connectivity index (χ4v) is 5.76. The number of hydrogen-bond donors (Lipinski definition) is 0. The minimum atomic E-state index is 0.113. The molecule has 0 bridgehead atoms. The number of halogens is 1. The van der Waals surface area contributed by atoms with Gasteiger partial charge in [-0.25, -0.2) is 15.0 Å². The zero-order chi connectivity index (χ0) is 24.1. The molecule has 3 aliphatic heterocycles. The first kappa shape index (κ1) is 22.1. The van der Waals surface area contributed by atoms with Crippen LogP contribution in [0.2, 0.25) is 5.02 Å². The second kappa shape index (κ2) is 9.05. The van der Waals surface area contributed by atoms with Crippen molar-refractivity contribution in [1.29, 1.82) is 0 Å². The van der Waals surface area contributed by atoms with Crippen molar-refractivity contribution < 1.29 is 4.74 Å². The average molecular weight is 505 g/mol. The van der Waals surface area contributed by atoms with Gasteiger partial charge in [-0.1, -0.05) is 11.6 Å². The van der Waals surface area contributed by atoms with E-state index in [1.54, 1.807) is 6.33 Å². The Morgan fingerprint density at radius 3 is 2.61 bits per heavy atom. The molecule has 186 valence electrons. The summed E-state index contributed by atoms with van der Waals surface area (Å²) in [6.45, 7) is 6.22. The molecular weight excluding hydrogens is 476 g/mol. The topological polar surface area (TPSA) is 74.9 Å². The molecule has 9 nitrogen and oxygen atoms in total. The number of piperidine rings is 1. The molecule has 3 saturated heterocycles. The van der Waals surface area contributed by atoms with Crippen molar-refractivity contribution >= 4 is 45.6 Å². The van der Waals surface area contributed by atoms with Gasteiger partial charge in [-0.05, 0) is 43.9 Å². The zero-order valence-electron chi connectivity index (χ0n) is 20.2. The van der Waals surface area contributed by atoms with Crippen molar-refractivity contribution in [1.82, 2.24) is 24.6 Å². The molecule has 1 atom stereocenters. The molecule has 3 fully saturated rings. The van der Waals surface area contributed by atoms with Gasteiger partial charge in [0, 0.05) is 55.3 Å². The Morgan fingerprint density at radius 1 is 0.889 bits per heavy atom. The van der Waals surface area contributed by atoms with Crippen LogP contribution in [0.5, 0.6) is 0 Å². The van der Waals surface area contributed by atoms with Crippen molar-refractivity contribution in [2.45, 2.75) is 31.7 Å². The van der Waals surface area contributed by atoms with Gasteiger partial charge in [0.15, 0.2) is 5.65 Å². The van der Waals surface area contributed by atoms with Crippen LogP contribution in [0.25, 0.3) is 16.6 Å². The smallest absolute Gasteiger partial charge is 0.160 e. The van der Waals surface area contributed by atoms with E-state index >= 15 is 0 Å². The van der Waals surface area contributed by atoms with Gasteiger partial charge in [-0.2, -0.15) is 9.61 Å². The molecule has 3 aliphatic rings. The van der Waals surface area contributed by atoms with Crippen molar-refractivity contribution in [3.8, 4) is 0 Å². The summed E-state index contributed by atoms with van der Waals surface area (Å²) in [5.41, 5.74) is 2.84. The predicted octanol–water partition coefficient (Wildman–Crippen LogP) is 4.10. The molecular formula is C26H29ClN8O. The van der Waals surface area contributed by atoms with Crippen LogP contribution < -0.4 is 14.7 Å². The highest BCUT2D eigenvalue weighted by Gasteiger charge is 2.30. The van der Waals surface area contributed by atoms with E-state index in [9.17, 15) is 0 Å². The standard InChI is InChI=1S/C26H29ClN8O/c27-18-5-6-20-19(14-18)26(29-17-28-20)34-9-2-1-4-22(34)21-15-24-30-23(32-7-3-8-32)16-25(35(24)31-21)33-10-12-36-13-11-33/h5-6,14-17,22H,1-4,7-13H2/t22-/m1/s1. The molecule has 0 radical (unpaired) electrons. The van der Waals surface area contributed by atoms with E-state index in [-0.39, 0.29) is 6.04 Å². The molecule has 0 amide bonds. The quantitative estimate of drug-likeness (QED) is 0.411. The van der Waals surface area contributed by atoms with Crippen LogP contribution in [0, 0.1) is 0 Å². The van der Waals surface area contributed by atoms with Gasteiger partial charge in [-0.3, -0.25) is 0 Å². The Hall–Kier alpha value is -3.17. The number of fused-ring (bicyclic) bond motifs is 2. The van der Waals surface area contributed by atoms with Crippen LogP contribution in [-0.2, 0) is 4.74 Å². The molecule has 4 aromatic rings. The van der Waals surface area contributed by atoms with Crippen molar-refractivity contribution in [2.24, 2.45) is 0 Å². The number of morpholine rings is 1. The number of hydrogen-bond acceptors (Lipinski definition) is 8. The lowest BCUT2D eigenvalue weighted by molar-refractivity contribution is 0.122. The highest BCUT2D eigenvalue weighted by Crippen LogP contribution is 2.38. The van der Waals surface area contributed by atoms with E-state index < -0.39 is 0 Å². The van der Waals surface area contributed by atoms with Gasteiger partial charge in [0.2, 0.25) is 0 Å². The summed E-state index contributed by atoms with van der Waals surface area (Å²) in [6.07, 6.45) is 6.16. The van der Waals surface area contributed by atoms with Gasteiger partial charge >= 0.3 is 0 Å². The SMILES string of the molecule is Clc1ccc2ncnc(N3CCCC[C@@H]3c3cc4nc(N5CCC5)cc(N5CCOCC5)n4n3)c2c1. The molecule has 36 heavy (non-hydrogen) atoms. The van der Waals surface area contributed by atoms with Crippen LogP contribution in [0.4, 0.5) is 17.5 Å². The number of ether oxygens (including phenoxy) is 1. The lowest BCUT2D eigenvalue weighted by Gasteiger charge is -2.36. The lowest BCUT2D eigenvalue weighted by atomic mass is 9.99. The predicted molar refractivity (Wildman–Crippen MR) is 141 cm³/mol. The number of benzene rings is 1. The number of rotatable bonds is 4. The van der Waals surface area contributed by atoms with Gasteiger partial charge in [0.05, 0.1) is 30.5 Å².